The summed E-state index contributed by atoms with van der Waals surface area (Å²) < 4.78 is 4.95. The van der Waals surface area contributed by atoms with E-state index in [2.05, 4.69) is 5.32 Å². The number of hydrogen-bond acceptors (Lipinski definition) is 5. The van der Waals surface area contributed by atoms with Gasteiger partial charge >= 0.3 is 5.97 Å². The molecule has 0 heterocycles. The summed E-state index contributed by atoms with van der Waals surface area (Å²) in [6.45, 7) is 1.60. The third-order valence-electron chi connectivity index (χ3n) is 2.65. The van der Waals surface area contributed by atoms with Crippen molar-refractivity contribution >= 4 is 17.6 Å². The van der Waals surface area contributed by atoms with E-state index < -0.39 is 22.8 Å². The van der Waals surface area contributed by atoms with Gasteiger partial charge < -0.3 is 15.2 Å². The first-order chi connectivity index (χ1) is 9.40. The molecule has 0 radical (unpaired) electrons. The largest absolute Gasteiger partial charge is 0.496 e. The fourth-order valence-corrected chi connectivity index (χ4v) is 1.56. The Labute approximate surface area is 114 Å². The van der Waals surface area contributed by atoms with Gasteiger partial charge in [-0.15, -0.1) is 0 Å². The Hall–Kier alpha value is -2.64. The van der Waals surface area contributed by atoms with E-state index in [4.69, 9.17) is 9.84 Å². The lowest BCUT2D eigenvalue weighted by molar-refractivity contribution is -0.384. The second-order valence-electron chi connectivity index (χ2n) is 3.91. The van der Waals surface area contributed by atoms with Crippen molar-refractivity contribution in [2.45, 2.75) is 19.4 Å². The quantitative estimate of drug-likeness (QED) is 0.597. The molecule has 0 aliphatic carbocycles. The second-order valence-corrected chi connectivity index (χ2v) is 3.91. The number of non-ortho nitro benzene ring substituents is 1. The van der Waals surface area contributed by atoms with Crippen molar-refractivity contribution in [2.24, 2.45) is 0 Å². The molecule has 2 N–H and O–H groups in total. The number of carbonyl (C=O) groups is 2. The van der Waals surface area contributed by atoms with E-state index in [0.29, 0.717) is 0 Å². The first-order valence-electron chi connectivity index (χ1n) is 5.76. The number of aliphatic carboxylic acids is 1. The van der Waals surface area contributed by atoms with Gasteiger partial charge in [-0.25, -0.2) is 4.79 Å². The zero-order valence-electron chi connectivity index (χ0n) is 11.0. The number of carboxylic acids is 1. The second kappa shape index (κ2) is 6.50. The number of amides is 1. The highest BCUT2D eigenvalue weighted by molar-refractivity contribution is 5.99. The predicted molar refractivity (Wildman–Crippen MR) is 68.8 cm³/mol. The molecule has 0 saturated carbocycles. The smallest absolute Gasteiger partial charge is 0.326 e. The number of nitrogens with zero attached hydrogens (tertiary/aromatic N) is 1. The van der Waals surface area contributed by atoms with Crippen LogP contribution < -0.4 is 10.1 Å². The lowest BCUT2D eigenvalue weighted by Gasteiger charge is -2.13. The summed E-state index contributed by atoms with van der Waals surface area (Å²) in [4.78, 5) is 32.9. The van der Waals surface area contributed by atoms with Gasteiger partial charge in [-0.05, 0) is 12.5 Å². The Bertz CT molecular complexity index is 543. The summed E-state index contributed by atoms with van der Waals surface area (Å²) in [6.07, 6.45) is 0.193. The van der Waals surface area contributed by atoms with E-state index in [1.54, 1.807) is 6.92 Å². The van der Waals surface area contributed by atoms with Crippen molar-refractivity contribution in [1.29, 1.82) is 0 Å². The summed E-state index contributed by atoms with van der Waals surface area (Å²) in [6, 6.07) is 2.47. The molecule has 0 unspecified atom stereocenters. The molecule has 1 amide bonds. The highest BCUT2D eigenvalue weighted by Gasteiger charge is 2.22. The van der Waals surface area contributed by atoms with Crippen LogP contribution in [0.3, 0.4) is 0 Å². The van der Waals surface area contributed by atoms with Crippen molar-refractivity contribution in [2.75, 3.05) is 7.11 Å². The third kappa shape index (κ3) is 3.44. The average Bonchev–Trinajstić information content (AvgIpc) is 2.43. The number of carbonyl (C=O) groups excluding carboxylic acids is 1. The minimum atomic E-state index is -1.18. The van der Waals surface area contributed by atoms with Crippen molar-refractivity contribution < 1.29 is 24.4 Å². The van der Waals surface area contributed by atoms with Crippen LogP contribution in [0.15, 0.2) is 18.2 Å². The van der Waals surface area contributed by atoms with Gasteiger partial charge in [0, 0.05) is 12.1 Å². The molecule has 1 atom stereocenters. The van der Waals surface area contributed by atoms with Crippen molar-refractivity contribution in [1.82, 2.24) is 5.32 Å². The maximum Gasteiger partial charge on any atom is 0.326 e. The Balaban J connectivity index is 3.09. The summed E-state index contributed by atoms with van der Waals surface area (Å²) >= 11 is 0. The molecule has 108 valence electrons. The molecule has 0 saturated heterocycles. The monoisotopic (exact) mass is 282 g/mol. The Kier molecular flexibility index (Phi) is 5.01. The van der Waals surface area contributed by atoms with Crippen LogP contribution in [0.25, 0.3) is 0 Å². The number of ether oxygens (including phenoxy) is 1. The third-order valence-corrected chi connectivity index (χ3v) is 2.65. The number of nitro groups is 1. The SMILES string of the molecule is CC[C@@H](NC(=O)c1cc([N+](=O)[O-])ccc1OC)C(=O)O. The topological polar surface area (TPSA) is 119 Å². The number of hydrogen-bond donors (Lipinski definition) is 2. The molecule has 1 aromatic carbocycles. The normalized spacial score (nSPS) is 11.5. The molecular weight excluding hydrogens is 268 g/mol. The maximum absolute atomic E-state index is 12.0. The van der Waals surface area contributed by atoms with Crippen LogP contribution in [0.1, 0.15) is 23.7 Å². The zero-order valence-corrected chi connectivity index (χ0v) is 11.0. The van der Waals surface area contributed by atoms with Crippen LogP contribution >= 0.6 is 0 Å². The van der Waals surface area contributed by atoms with Crippen LogP contribution in [0.4, 0.5) is 5.69 Å². The van der Waals surface area contributed by atoms with Gasteiger partial charge in [-0.2, -0.15) is 0 Å². The number of rotatable bonds is 6. The minimum Gasteiger partial charge on any atom is -0.496 e. The Morgan fingerprint density at radius 2 is 2.15 bits per heavy atom. The number of methoxy groups -OCH3 is 1. The van der Waals surface area contributed by atoms with E-state index in [-0.39, 0.29) is 23.4 Å². The van der Waals surface area contributed by atoms with E-state index in [9.17, 15) is 19.7 Å². The summed E-state index contributed by atoms with van der Waals surface area (Å²) in [5.74, 6) is -1.78. The van der Waals surface area contributed by atoms with Gasteiger partial charge in [0.2, 0.25) is 0 Å². The Morgan fingerprint density at radius 1 is 1.50 bits per heavy atom. The highest BCUT2D eigenvalue weighted by atomic mass is 16.6. The van der Waals surface area contributed by atoms with Crippen LogP contribution in [0, 0.1) is 10.1 Å². The number of benzene rings is 1. The molecule has 1 rings (SSSR count). The summed E-state index contributed by atoms with van der Waals surface area (Å²) in [5.41, 5.74) is -0.360. The van der Waals surface area contributed by atoms with Gasteiger partial charge in [-0.1, -0.05) is 6.92 Å². The lowest BCUT2D eigenvalue weighted by Crippen LogP contribution is -2.40. The molecule has 20 heavy (non-hydrogen) atoms. The average molecular weight is 282 g/mol. The summed E-state index contributed by atoms with van der Waals surface area (Å²) in [7, 11) is 1.31. The molecule has 8 heteroatoms. The van der Waals surface area contributed by atoms with Gasteiger partial charge in [0.15, 0.2) is 0 Å². The van der Waals surface area contributed by atoms with E-state index >= 15 is 0 Å². The van der Waals surface area contributed by atoms with Gasteiger partial charge in [0.05, 0.1) is 17.6 Å². The molecule has 0 aliphatic rings. The summed E-state index contributed by atoms with van der Waals surface area (Å²) in [5, 5.41) is 21.9. The molecule has 8 nitrogen and oxygen atoms in total. The number of nitrogens with one attached hydrogen (secondary N) is 1. The van der Waals surface area contributed by atoms with Gasteiger partial charge in [0.25, 0.3) is 11.6 Å². The number of nitro benzene ring substituents is 1. The molecular formula is C12H14N2O6. The molecule has 0 aromatic heterocycles. The van der Waals surface area contributed by atoms with E-state index in [0.717, 1.165) is 6.07 Å². The van der Waals surface area contributed by atoms with Gasteiger partial charge in [-0.3, -0.25) is 14.9 Å². The van der Waals surface area contributed by atoms with Gasteiger partial charge in [0.1, 0.15) is 11.8 Å². The van der Waals surface area contributed by atoms with Crippen molar-refractivity contribution in [3.05, 3.63) is 33.9 Å². The van der Waals surface area contributed by atoms with Crippen LogP contribution in [-0.4, -0.2) is 35.1 Å². The predicted octanol–water partition coefficient (Wildman–Crippen LogP) is 1.20. The fraction of sp³-hybridized carbons (Fsp3) is 0.333. The van der Waals surface area contributed by atoms with Crippen LogP contribution in [0.2, 0.25) is 0 Å². The molecule has 0 bridgehead atoms. The fourth-order valence-electron chi connectivity index (χ4n) is 1.56. The molecule has 0 spiro atoms. The van der Waals surface area contributed by atoms with Crippen molar-refractivity contribution in [3.63, 3.8) is 0 Å². The molecule has 0 aliphatic heterocycles. The first-order valence-corrected chi connectivity index (χ1v) is 5.76. The van der Waals surface area contributed by atoms with E-state index in [1.165, 1.54) is 19.2 Å². The first kappa shape index (κ1) is 15.4. The lowest BCUT2D eigenvalue weighted by atomic mass is 10.1. The van der Waals surface area contributed by atoms with Crippen LogP contribution in [0.5, 0.6) is 5.75 Å². The van der Waals surface area contributed by atoms with Crippen LogP contribution in [-0.2, 0) is 4.79 Å². The Morgan fingerprint density at radius 3 is 2.60 bits per heavy atom. The van der Waals surface area contributed by atoms with Crippen molar-refractivity contribution in [3.8, 4) is 5.75 Å². The minimum absolute atomic E-state index is 0.0820. The highest BCUT2D eigenvalue weighted by Crippen LogP contribution is 2.24. The molecule has 1 aromatic rings. The maximum atomic E-state index is 12.0. The molecule has 0 fully saturated rings. The standard InChI is InChI=1S/C12H14N2O6/c1-3-9(12(16)17)13-11(15)8-6-7(14(18)19)4-5-10(8)20-2/h4-6,9H,3H2,1-2H3,(H,13,15)(H,16,17)/t9-/m1/s1. The van der Waals surface area contributed by atoms with E-state index in [1.807, 2.05) is 0 Å². The zero-order chi connectivity index (χ0) is 15.3. The number of carboxylic acid groups (broad SMARTS) is 1.